The number of amides is 1. The monoisotopic (exact) mass is 924 g/mol. The van der Waals surface area contributed by atoms with Crippen molar-refractivity contribution in [2.75, 3.05) is 13.2 Å². The minimum absolute atomic E-state index is 0.0407. The number of hydrogen-bond acceptors (Lipinski definition) is 5. The Labute approximate surface area is 409 Å². The van der Waals surface area contributed by atoms with Gasteiger partial charge in [0, 0.05) is 12.8 Å². The summed E-state index contributed by atoms with van der Waals surface area (Å²) in [5.41, 5.74) is 0. The molecule has 6 nitrogen and oxygen atoms in total. The van der Waals surface area contributed by atoms with Crippen molar-refractivity contribution in [3.8, 4) is 0 Å². The fourth-order valence-electron chi connectivity index (χ4n) is 8.38. The van der Waals surface area contributed by atoms with Crippen LogP contribution in [0.3, 0.4) is 0 Å². The first-order chi connectivity index (χ1) is 32.5. The van der Waals surface area contributed by atoms with Crippen LogP contribution in [-0.2, 0) is 14.3 Å². The van der Waals surface area contributed by atoms with Crippen molar-refractivity contribution >= 4 is 11.9 Å². The average Bonchev–Trinajstić information content (AvgIpc) is 3.32. The van der Waals surface area contributed by atoms with Gasteiger partial charge in [-0.05, 0) is 83.5 Å². The van der Waals surface area contributed by atoms with Crippen LogP contribution < -0.4 is 5.32 Å². The summed E-state index contributed by atoms with van der Waals surface area (Å²) < 4.78 is 5.42. The summed E-state index contributed by atoms with van der Waals surface area (Å²) in [6.07, 6.45) is 71.2. The Morgan fingerprint density at radius 1 is 0.424 bits per heavy atom. The standard InChI is InChI=1S/C60H109NO5/c1-3-5-7-9-11-13-14-15-16-17-21-25-28-31-34-38-42-46-50-54-60(65)66-55-51-47-43-39-35-32-29-26-23-20-18-19-22-24-27-30-33-37-41-45-49-53-59(64)61-57(56-62)58(63)52-48-44-40-36-12-10-8-6-4-2/h11,13,15-16,32,35,43,47-48,52,57-58,62-63H,3-10,12,14,17-31,33-34,36-42,44-46,49-51,53-56H2,1-2H3,(H,61,64)/b13-11-,16-15-,35-32-,47-43-,52-48+. The van der Waals surface area contributed by atoms with E-state index in [9.17, 15) is 19.8 Å². The molecule has 0 radical (unpaired) electrons. The van der Waals surface area contributed by atoms with Gasteiger partial charge in [0.2, 0.25) is 5.91 Å². The van der Waals surface area contributed by atoms with Gasteiger partial charge >= 0.3 is 5.97 Å². The molecule has 0 spiro atoms. The largest absolute Gasteiger partial charge is 0.465 e. The van der Waals surface area contributed by atoms with E-state index in [-0.39, 0.29) is 18.5 Å². The lowest BCUT2D eigenvalue weighted by atomic mass is 10.0. The maximum atomic E-state index is 12.4. The first kappa shape index (κ1) is 63.6. The van der Waals surface area contributed by atoms with Crippen LogP contribution in [0.5, 0.6) is 0 Å². The van der Waals surface area contributed by atoms with Crippen molar-refractivity contribution in [3.05, 3.63) is 60.8 Å². The molecule has 0 bridgehead atoms. The minimum Gasteiger partial charge on any atom is -0.465 e. The second-order valence-electron chi connectivity index (χ2n) is 19.3. The van der Waals surface area contributed by atoms with Crippen LogP contribution in [0.15, 0.2) is 60.8 Å². The highest BCUT2D eigenvalue weighted by atomic mass is 16.5. The van der Waals surface area contributed by atoms with E-state index >= 15 is 0 Å². The normalized spacial score (nSPS) is 13.1. The second-order valence-corrected chi connectivity index (χ2v) is 19.3. The van der Waals surface area contributed by atoms with Crippen LogP contribution in [0.2, 0.25) is 0 Å². The van der Waals surface area contributed by atoms with Gasteiger partial charge in [0.25, 0.3) is 0 Å². The quantitative estimate of drug-likeness (QED) is 0.0321. The molecule has 0 aromatic carbocycles. The van der Waals surface area contributed by atoms with Crippen LogP contribution in [-0.4, -0.2) is 47.4 Å². The van der Waals surface area contributed by atoms with Crippen molar-refractivity contribution in [3.63, 3.8) is 0 Å². The van der Waals surface area contributed by atoms with Crippen molar-refractivity contribution in [2.24, 2.45) is 0 Å². The number of rotatable bonds is 52. The fourth-order valence-corrected chi connectivity index (χ4v) is 8.38. The van der Waals surface area contributed by atoms with Gasteiger partial charge in [0.05, 0.1) is 25.4 Å². The summed E-state index contributed by atoms with van der Waals surface area (Å²) in [6.45, 7) is 4.73. The molecule has 0 heterocycles. The molecule has 384 valence electrons. The lowest BCUT2D eigenvalue weighted by Gasteiger charge is -2.20. The molecule has 0 aliphatic carbocycles. The molecule has 0 aromatic heterocycles. The number of ether oxygens (including phenoxy) is 1. The van der Waals surface area contributed by atoms with E-state index in [1.165, 1.54) is 199 Å². The van der Waals surface area contributed by atoms with E-state index in [0.717, 1.165) is 57.8 Å². The van der Waals surface area contributed by atoms with Gasteiger partial charge in [0.1, 0.15) is 0 Å². The number of carbonyl (C=O) groups excluding carboxylic acids is 2. The maximum absolute atomic E-state index is 12.4. The topological polar surface area (TPSA) is 95.9 Å². The van der Waals surface area contributed by atoms with E-state index < -0.39 is 12.1 Å². The predicted molar refractivity (Wildman–Crippen MR) is 287 cm³/mol. The molecule has 1 amide bonds. The number of nitrogens with one attached hydrogen (secondary N) is 1. The summed E-state index contributed by atoms with van der Waals surface area (Å²) in [7, 11) is 0. The third kappa shape index (κ3) is 51.0. The molecule has 2 atom stereocenters. The number of unbranched alkanes of at least 4 members (excludes halogenated alkanes) is 33. The van der Waals surface area contributed by atoms with Crippen LogP contribution in [0.1, 0.15) is 284 Å². The highest BCUT2D eigenvalue weighted by molar-refractivity contribution is 5.76. The summed E-state index contributed by atoms with van der Waals surface area (Å²) in [5, 5.41) is 22.9. The first-order valence-corrected chi connectivity index (χ1v) is 28.6. The van der Waals surface area contributed by atoms with Gasteiger partial charge in [-0.3, -0.25) is 9.59 Å². The van der Waals surface area contributed by atoms with Crippen LogP contribution in [0.25, 0.3) is 0 Å². The zero-order chi connectivity index (χ0) is 47.9. The van der Waals surface area contributed by atoms with Crippen LogP contribution >= 0.6 is 0 Å². The third-order valence-electron chi connectivity index (χ3n) is 12.8. The maximum Gasteiger partial charge on any atom is 0.305 e. The number of esters is 1. The van der Waals surface area contributed by atoms with Gasteiger partial charge in [0.15, 0.2) is 0 Å². The lowest BCUT2D eigenvalue weighted by Crippen LogP contribution is -2.45. The van der Waals surface area contributed by atoms with Gasteiger partial charge in [-0.2, -0.15) is 0 Å². The molecule has 0 aliphatic heterocycles. The Morgan fingerprint density at radius 2 is 0.758 bits per heavy atom. The van der Waals surface area contributed by atoms with E-state index in [1.54, 1.807) is 6.08 Å². The lowest BCUT2D eigenvalue weighted by molar-refractivity contribution is -0.143. The number of aliphatic hydroxyl groups excluding tert-OH is 2. The third-order valence-corrected chi connectivity index (χ3v) is 12.8. The molecule has 2 unspecified atom stereocenters. The van der Waals surface area contributed by atoms with Gasteiger partial charge in [-0.1, -0.05) is 248 Å². The SMILES string of the molecule is CCCCC/C=C\C/C=C\CCCCCCCCCCCC(=O)OCC/C=C\C/C=C\CCCCCCCCCCCCCCCCC(=O)NC(CO)C(O)/C=C/CCCCCCCCC. The molecule has 0 aromatic rings. The Hall–Kier alpha value is -2.44. The van der Waals surface area contributed by atoms with Crippen molar-refractivity contribution in [2.45, 2.75) is 296 Å². The number of carbonyl (C=O) groups is 2. The zero-order valence-electron chi connectivity index (χ0n) is 43.7. The van der Waals surface area contributed by atoms with E-state index in [1.807, 2.05) is 6.08 Å². The molecular weight excluding hydrogens is 815 g/mol. The Balaban J connectivity index is 3.45. The Bertz CT molecular complexity index is 1160. The molecule has 0 fully saturated rings. The molecule has 0 rings (SSSR count). The summed E-state index contributed by atoms with van der Waals surface area (Å²) in [5.74, 6) is -0.117. The Kier molecular flexibility index (Phi) is 53.1. The highest BCUT2D eigenvalue weighted by Gasteiger charge is 2.18. The average molecular weight is 925 g/mol. The first-order valence-electron chi connectivity index (χ1n) is 28.6. The van der Waals surface area contributed by atoms with E-state index in [2.05, 4.69) is 67.8 Å². The Morgan fingerprint density at radius 3 is 1.18 bits per heavy atom. The van der Waals surface area contributed by atoms with Crippen molar-refractivity contribution < 1.29 is 24.5 Å². The number of hydrogen-bond donors (Lipinski definition) is 3. The van der Waals surface area contributed by atoms with E-state index in [0.29, 0.717) is 19.4 Å². The molecule has 6 heteroatoms. The van der Waals surface area contributed by atoms with Gasteiger partial charge in [-0.25, -0.2) is 0 Å². The molecule has 66 heavy (non-hydrogen) atoms. The van der Waals surface area contributed by atoms with Gasteiger partial charge in [-0.15, -0.1) is 0 Å². The second kappa shape index (κ2) is 55.2. The highest BCUT2D eigenvalue weighted by Crippen LogP contribution is 2.16. The van der Waals surface area contributed by atoms with Crippen LogP contribution in [0, 0.1) is 0 Å². The summed E-state index contributed by atoms with van der Waals surface area (Å²) >= 11 is 0. The van der Waals surface area contributed by atoms with Crippen LogP contribution in [0.4, 0.5) is 0 Å². The molecular formula is C60H109NO5. The zero-order valence-corrected chi connectivity index (χ0v) is 43.7. The fraction of sp³-hybridized carbons (Fsp3) is 0.800. The minimum atomic E-state index is -0.847. The molecule has 0 saturated heterocycles. The molecule has 0 aliphatic rings. The number of aliphatic hydroxyl groups is 2. The van der Waals surface area contributed by atoms with Crippen molar-refractivity contribution in [1.29, 1.82) is 0 Å². The summed E-state index contributed by atoms with van der Waals surface area (Å²) in [4.78, 5) is 24.4. The predicted octanol–water partition coefficient (Wildman–Crippen LogP) is 17.6. The molecule has 3 N–H and O–H groups in total. The summed E-state index contributed by atoms with van der Waals surface area (Å²) in [6, 6.07) is -0.631. The number of allylic oxidation sites excluding steroid dienone is 8. The smallest absolute Gasteiger partial charge is 0.305 e. The molecule has 0 saturated carbocycles. The van der Waals surface area contributed by atoms with Crippen molar-refractivity contribution in [1.82, 2.24) is 5.32 Å². The van der Waals surface area contributed by atoms with Gasteiger partial charge < -0.3 is 20.3 Å². The van der Waals surface area contributed by atoms with E-state index in [4.69, 9.17) is 4.74 Å².